The number of alkyl carbamates (subject to hydrolysis) is 1. The maximum absolute atomic E-state index is 12.9. The molecule has 0 spiro atoms. The van der Waals surface area contributed by atoms with Crippen LogP contribution in [0.3, 0.4) is 0 Å². The summed E-state index contributed by atoms with van der Waals surface area (Å²) in [6.07, 6.45) is 2.46. The molecule has 1 saturated carbocycles. The number of amides is 2. The summed E-state index contributed by atoms with van der Waals surface area (Å²) in [7, 11) is 0. The fourth-order valence-electron chi connectivity index (χ4n) is 5.18. The third-order valence-corrected chi connectivity index (χ3v) is 6.98. The first-order valence-corrected chi connectivity index (χ1v) is 12.0. The molecule has 7 heteroatoms. The molecular formula is C27H32N2O5. The van der Waals surface area contributed by atoms with Gasteiger partial charge in [-0.2, -0.15) is 0 Å². The minimum absolute atomic E-state index is 0.0361. The van der Waals surface area contributed by atoms with Crippen LogP contribution in [0.4, 0.5) is 4.79 Å². The first kappa shape index (κ1) is 23.8. The van der Waals surface area contributed by atoms with Crippen LogP contribution in [0.15, 0.2) is 48.5 Å². The first-order valence-electron chi connectivity index (χ1n) is 12.0. The van der Waals surface area contributed by atoms with E-state index in [-0.39, 0.29) is 30.4 Å². The summed E-state index contributed by atoms with van der Waals surface area (Å²) in [5, 5.41) is 15.0. The predicted molar refractivity (Wildman–Crippen MR) is 128 cm³/mol. The van der Waals surface area contributed by atoms with Gasteiger partial charge in [-0.1, -0.05) is 75.2 Å². The highest BCUT2D eigenvalue weighted by atomic mass is 16.5. The second-order valence-electron chi connectivity index (χ2n) is 9.54. The SMILES string of the molecule is CC(C)[C@H](NC(=O)C1CCCCC1NC(=O)OCC1c2ccccc2-c2ccccc21)C(=O)O. The van der Waals surface area contributed by atoms with Crippen LogP contribution in [0.2, 0.25) is 0 Å². The number of aliphatic carboxylic acids is 1. The van der Waals surface area contributed by atoms with Crippen LogP contribution in [0.5, 0.6) is 0 Å². The van der Waals surface area contributed by atoms with E-state index >= 15 is 0 Å². The molecule has 2 aromatic carbocycles. The Hall–Kier alpha value is -3.35. The van der Waals surface area contributed by atoms with Gasteiger partial charge < -0.3 is 20.5 Å². The number of fused-ring (bicyclic) bond motifs is 3. The normalized spacial score (nSPS) is 20.2. The molecule has 2 aromatic rings. The highest BCUT2D eigenvalue weighted by molar-refractivity contribution is 5.86. The predicted octanol–water partition coefficient (Wildman–Crippen LogP) is 4.31. The van der Waals surface area contributed by atoms with E-state index in [2.05, 4.69) is 34.9 Å². The fourth-order valence-corrected chi connectivity index (χ4v) is 5.18. The van der Waals surface area contributed by atoms with E-state index in [0.29, 0.717) is 12.8 Å². The number of ether oxygens (including phenoxy) is 1. The molecule has 180 valence electrons. The lowest BCUT2D eigenvalue weighted by atomic mass is 9.83. The highest BCUT2D eigenvalue weighted by Gasteiger charge is 2.35. The molecule has 34 heavy (non-hydrogen) atoms. The number of carbonyl (C=O) groups is 3. The Morgan fingerprint density at radius 1 is 0.971 bits per heavy atom. The van der Waals surface area contributed by atoms with E-state index in [1.165, 1.54) is 0 Å². The van der Waals surface area contributed by atoms with Crippen molar-refractivity contribution in [2.45, 2.75) is 57.5 Å². The van der Waals surface area contributed by atoms with Crippen LogP contribution in [-0.4, -0.2) is 41.8 Å². The number of carbonyl (C=O) groups excluding carboxylic acids is 2. The Bertz CT molecular complexity index is 1020. The molecule has 0 aromatic heterocycles. The lowest BCUT2D eigenvalue weighted by Gasteiger charge is -2.32. The quantitative estimate of drug-likeness (QED) is 0.566. The van der Waals surface area contributed by atoms with Crippen molar-refractivity contribution in [3.63, 3.8) is 0 Å². The zero-order valence-electron chi connectivity index (χ0n) is 19.6. The number of hydrogen-bond acceptors (Lipinski definition) is 4. The van der Waals surface area contributed by atoms with Crippen LogP contribution >= 0.6 is 0 Å². The van der Waals surface area contributed by atoms with Crippen molar-refractivity contribution in [3.05, 3.63) is 59.7 Å². The molecule has 2 amide bonds. The molecule has 0 saturated heterocycles. The van der Waals surface area contributed by atoms with Crippen LogP contribution in [0.25, 0.3) is 11.1 Å². The lowest BCUT2D eigenvalue weighted by Crippen LogP contribution is -2.53. The van der Waals surface area contributed by atoms with Crippen LogP contribution < -0.4 is 10.6 Å². The van der Waals surface area contributed by atoms with Crippen molar-refractivity contribution in [2.24, 2.45) is 11.8 Å². The molecule has 0 bridgehead atoms. The molecule has 0 heterocycles. The van der Waals surface area contributed by atoms with Crippen LogP contribution in [0.1, 0.15) is 56.6 Å². The molecule has 2 aliphatic carbocycles. The van der Waals surface area contributed by atoms with Crippen LogP contribution in [-0.2, 0) is 14.3 Å². The average molecular weight is 465 g/mol. The Labute approximate surface area is 199 Å². The fraction of sp³-hybridized carbons (Fsp3) is 0.444. The minimum atomic E-state index is -1.06. The van der Waals surface area contributed by atoms with Crippen molar-refractivity contribution >= 4 is 18.0 Å². The number of nitrogens with one attached hydrogen (secondary N) is 2. The van der Waals surface area contributed by atoms with Crippen molar-refractivity contribution in [2.75, 3.05) is 6.61 Å². The van der Waals surface area contributed by atoms with Gasteiger partial charge in [0.2, 0.25) is 5.91 Å². The zero-order chi connectivity index (χ0) is 24.2. The summed E-state index contributed by atoms with van der Waals surface area (Å²) in [5.74, 6) is -2.13. The second-order valence-corrected chi connectivity index (χ2v) is 9.54. The Kier molecular flexibility index (Phi) is 7.20. The Morgan fingerprint density at radius 3 is 2.15 bits per heavy atom. The molecule has 2 unspecified atom stereocenters. The third kappa shape index (κ3) is 4.93. The molecule has 1 fully saturated rings. The van der Waals surface area contributed by atoms with Gasteiger partial charge in [-0.15, -0.1) is 0 Å². The van der Waals surface area contributed by atoms with Crippen molar-refractivity contribution < 1.29 is 24.2 Å². The molecule has 7 nitrogen and oxygen atoms in total. The van der Waals surface area contributed by atoms with Crippen molar-refractivity contribution in [1.82, 2.24) is 10.6 Å². The van der Waals surface area contributed by atoms with Crippen LogP contribution in [0, 0.1) is 11.8 Å². The summed E-state index contributed by atoms with van der Waals surface area (Å²) < 4.78 is 5.65. The van der Waals surface area contributed by atoms with Gasteiger partial charge in [0.05, 0.1) is 5.92 Å². The summed E-state index contributed by atoms with van der Waals surface area (Å²) in [6, 6.07) is 15.0. The number of carboxylic acid groups (broad SMARTS) is 1. The van der Waals surface area contributed by atoms with Gasteiger partial charge in [-0.05, 0) is 41.0 Å². The standard InChI is InChI=1S/C27H32N2O5/c1-16(2)24(26(31)32)29-25(30)21-13-7-8-14-23(21)28-27(33)34-15-22-19-11-5-3-9-17(19)18-10-4-6-12-20(18)22/h3-6,9-12,16,21-24H,7-8,13-15H2,1-2H3,(H,28,33)(H,29,30)(H,31,32)/t21?,23?,24-/m0/s1. The molecule has 3 atom stereocenters. The number of rotatable bonds is 7. The zero-order valence-corrected chi connectivity index (χ0v) is 19.6. The summed E-state index contributed by atoms with van der Waals surface area (Å²) >= 11 is 0. The smallest absolute Gasteiger partial charge is 0.407 e. The van der Waals surface area contributed by atoms with Gasteiger partial charge in [0.15, 0.2) is 0 Å². The molecular weight excluding hydrogens is 432 g/mol. The average Bonchev–Trinajstić information content (AvgIpc) is 3.14. The number of benzene rings is 2. The maximum atomic E-state index is 12.9. The topological polar surface area (TPSA) is 105 Å². The number of hydrogen-bond donors (Lipinski definition) is 3. The third-order valence-electron chi connectivity index (χ3n) is 6.98. The van der Waals surface area contributed by atoms with Gasteiger partial charge in [0, 0.05) is 12.0 Å². The van der Waals surface area contributed by atoms with Gasteiger partial charge in [0.25, 0.3) is 0 Å². The summed E-state index contributed by atoms with van der Waals surface area (Å²) in [5.41, 5.74) is 4.60. The van der Waals surface area contributed by atoms with E-state index in [1.807, 2.05) is 24.3 Å². The van der Waals surface area contributed by atoms with E-state index in [1.54, 1.807) is 13.8 Å². The van der Waals surface area contributed by atoms with Crippen molar-refractivity contribution in [3.8, 4) is 11.1 Å². The first-order chi connectivity index (χ1) is 16.4. The number of carboxylic acids is 1. The largest absolute Gasteiger partial charge is 0.480 e. The van der Waals surface area contributed by atoms with E-state index in [4.69, 9.17) is 4.74 Å². The highest BCUT2D eigenvalue weighted by Crippen LogP contribution is 2.44. The minimum Gasteiger partial charge on any atom is -0.480 e. The molecule has 3 N–H and O–H groups in total. The molecule has 4 rings (SSSR count). The Morgan fingerprint density at radius 2 is 1.56 bits per heavy atom. The van der Waals surface area contributed by atoms with Gasteiger partial charge in [-0.25, -0.2) is 9.59 Å². The van der Waals surface area contributed by atoms with Crippen molar-refractivity contribution in [1.29, 1.82) is 0 Å². The van der Waals surface area contributed by atoms with Gasteiger partial charge in [0.1, 0.15) is 12.6 Å². The van der Waals surface area contributed by atoms with E-state index in [9.17, 15) is 19.5 Å². The monoisotopic (exact) mass is 464 g/mol. The van der Waals surface area contributed by atoms with Gasteiger partial charge in [-0.3, -0.25) is 4.79 Å². The summed E-state index contributed by atoms with van der Waals surface area (Å²) in [4.78, 5) is 37.1. The molecule has 0 radical (unpaired) electrons. The van der Waals surface area contributed by atoms with E-state index in [0.717, 1.165) is 35.1 Å². The van der Waals surface area contributed by atoms with Gasteiger partial charge >= 0.3 is 12.1 Å². The second kappa shape index (κ2) is 10.3. The molecule has 2 aliphatic rings. The maximum Gasteiger partial charge on any atom is 0.407 e. The lowest BCUT2D eigenvalue weighted by molar-refractivity contribution is -0.144. The Balaban J connectivity index is 1.39. The van der Waals surface area contributed by atoms with E-state index < -0.39 is 24.0 Å². The molecule has 0 aliphatic heterocycles. The summed E-state index contributed by atoms with van der Waals surface area (Å²) in [6.45, 7) is 3.72.